The van der Waals surface area contributed by atoms with Gasteiger partial charge < -0.3 is 4.74 Å². The minimum Gasteiger partial charge on any atom is -0.462 e. The van der Waals surface area contributed by atoms with Crippen molar-refractivity contribution in [2.45, 2.75) is 40.5 Å². The van der Waals surface area contributed by atoms with Crippen LogP contribution in [-0.4, -0.2) is 23.2 Å². The molecule has 0 bridgehead atoms. The molecular weight excluding hydrogens is 324 g/mol. The van der Waals surface area contributed by atoms with Gasteiger partial charge in [0.2, 0.25) is 6.23 Å². The van der Waals surface area contributed by atoms with Gasteiger partial charge in [-0.15, -0.1) is 0 Å². The molecule has 1 N–H and O–H groups in total. The third-order valence-electron chi connectivity index (χ3n) is 4.46. The number of anilines is 1. The van der Waals surface area contributed by atoms with E-state index in [9.17, 15) is 5.21 Å². The smallest absolute Gasteiger partial charge is 0.221 e. The van der Waals surface area contributed by atoms with E-state index in [2.05, 4.69) is 44.7 Å². The van der Waals surface area contributed by atoms with Crippen molar-refractivity contribution in [3.63, 3.8) is 0 Å². The fourth-order valence-corrected chi connectivity index (χ4v) is 3.59. The van der Waals surface area contributed by atoms with Crippen LogP contribution in [0.5, 0.6) is 5.75 Å². The maximum Gasteiger partial charge on any atom is 0.221 e. The van der Waals surface area contributed by atoms with Crippen LogP contribution in [-0.2, 0) is 6.54 Å². The summed E-state index contributed by atoms with van der Waals surface area (Å²) < 4.78 is 5.96. The quantitative estimate of drug-likeness (QED) is 0.751. The molecule has 1 heterocycles. The predicted octanol–water partition coefficient (Wildman–Crippen LogP) is 5.09. The van der Waals surface area contributed by atoms with Gasteiger partial charge in [0.25, 0.3) is 0 Å². The SMILES string of the molecule is CC(C)CN(Cc1cccc(C2Oc3ccccc3N2O)c1)CC(C)C. The molecule has 0 amide bonds. The highest BCUT2D eigenvalue weighted by Crippen LogP contribution is 2.41. The number of hydrogen-bond acceptors (Lipinski definition) is 4. The van der Waals surface area contributed by atoms with Crippen molar-refractivity contribution in [3.8, 4) is 5.75 Å². The normalized spacial score (nSPS) is 16.5. The highest BCUT2D eigenvalue weighted by Gasteiger charge is 2.31. The molecule has 2 aromatic rings. The number of hydroxylamine groups is 1. The third kappa shape index (κ3) is 4.37. The molecule has 1 atom stereocenters. The van der Waals surface area contributed by atoms with Gasteiger partial charge in [-0.05, 0) is 35.6 Å². The van der Waals surface area contributed by atoms with Crippen molar-refractivity contribution in [3.05, 3.63) is 59.7 Å². The van der Waals surface area contributed by atoms with Gasteiger partial charge >= 0.3 is 0 Å². The average molecular weight is 354 g/mol. The highest BCUT2D eigenvalue weighted by molar-refractivity contribution is 5.61. The van der Waals surface area contributed by atoms with Gasteiger partial charge in [0.1, 0.15) is 11.4 Å². The van der Waals surface area contributed by atoms with Crippen molar-refractivity contribution in [2.24, 2.45) is 11.8 Å². The van der Waals surface area contributed by atoms with Crippen molar-refractivity contribution in [1.29, 1.82) is 0 Å². The van der Waals surface area contributed by atoms with E-state index in [0.717, 1.165) is 25.2 Å². The standard InChI is InChI=1S/C22H30N2O2/c1-16(2)13-23(14-17(3)4)15-18-8-7-9-19(12-18)22-24(25)20-10-5-6-11-21(20)26-22/h5-12,16-17,22,25H,13-15H2,1-4H3. The highest BCUT2D eigenvalue weighted by atomic mass is 16.6. The zero-order valence-corrected chi connectivity index (χ0v) is 16.2. The summed E-state index contributed by atoms with van der Waals surface area (Å²) >= 11 is 0. The molecule has 2 aromatic carbocycles. The number of hydrogen-bond donors (Lipinski definition) is 1. The summed E-state index contributed by atoms with van der Waals surface area (Å²) in [4.78, 5) is 2.51. The molecule has 0 fully saturated rings. The number of benzene rings is 2. The zero-order chi connectivity index (χ0) is 18.7. The molecule has 4 nitrogen and oxygen atoms in total. The Balaban J connectivity index is 1.76. The van der Waals surface area contributed by atoms with Crippen molar-refractivity contribution >= 4 is 5.69 Å². The Hall–Kier alpha value is -2.04. The van der Waals surface area contributed by atoms with Crippen molar-refractivity contribution < 1.29 is 9.94 Å². The Morgan fingerprint density at radius 1 is 1.00 bits per heavy atom. The second-order valence-corrected chi connectivity index (χ2v) is 8.01. The first-order chi connectivity index (χ1) is 12.4. The van der Waals surface area contributed by atoms with Gasteiger partial charge in [0.15, 0.2) is 0 Å². The Labute approximate surface area is 157 Å². The number of fused-ring (bicyclic) bond motifs is 1. The van der Waals surface area contributed by atoms with Gasteiger partial charge in [-0.3, -0.25) is 10.1 Å². The summed E-state index contributed by atoms with van der Waals surface area (Å²) in [5.41, 5.74) is 2.93. The van der Waals surface area contributed by atoms with Gasteiger partial charge in [-0.25, -0.2) is 5.06 Å². The summed E-state index contributed by atoms with van der Waals surface area (Å²) in [7, 11) is 0. The lowest BCUT2D eigenvalue weighted by molar-refractivity contribution is 0.114. The van der Waals surface area contributed by atoms with Crippen LogP contribution in [0.1, 0.15) is 45.0 Å². The Morgan fingerprint density at radius 3 is 2.35 bits per heavy atom. The number of para-hydroxylation sites is 2. The summed E-state index contributed by atoms with van der Waals surface area (Å²) in [6.07, 6.45) is -0.490. The predicted molar refractivity (Wildman–Crippen MR) is 105 cm³/mol. The summed E-state index contributed by atoms with van der Waals surface area (Å²) in [6, 6.07) is 15.9. The van der Waals surface area contributed by atoms with Crippen LogP contribution >= 0.6 is 0 Å². The molecule has 3 rings (SSSR count). The first-order valence-corrected chi connectivity index (χ1v) is 9.49. The molecule has 1 aliphatic rings. The first kappa shape index (κ1) is 18.7. The van der Waals surface area contributed by atoms with Crippen LogP contribution in [0, 0.1) is 11.8 Å². The van der Waals surface area contributed by atoms with E-state index in [0.29, 0.717) is 23.3 Å². The molecular formula is C22H30N2O2. The molecule has 4 heteroatoms. The van der Waals surface area contributed by atoms with Crippen LogP contribution in [0.2, 0.25) is 0 Å². The van der Waals surface area contributed by atoms with E-state index in [-0.39, 0.29) is 0 Å². The molecule has 1 unspecified atom stereocenters. The van der Waals surface area contributed by atoms with E-state index in [4.69, 9.17) is 4.74 Å². The van der Waals surface area contributed by atoms with Crippen LogP contribution in [0.15, 0.2) is 48.5 Å². The van der Waals surface area contributed by atoms with E-state index < -0.39 is 6.23 Å². The number of ether oxygens (including phenoxy) is 1. The Kier molecular flexibility index (Phi) is 5.84. The van der Waals surface area contributed by atoms with E-state index >= 15 is 0 Å². The topological polar surface area (TPSA) is 35.9 Å². The van der Waals surface area contributed by atoms with Gasteiger partial charge in [0.05, 0.1) is 0 Å². The summed E-state index contributed by atoms with van der Waals surface area (Å²) in [5, 5.41) is 11.7. The lowest BCUT2D eigenvalue weighted by Gasteiger charge is -2.26. The average Bonchev–Trinajstić information content (AvgIpc) is 2.91. The molecule has 0 aromatic heterocycles. The molecule has 26 heavy (non-hydrogen) atoms. The summed E-state index contributed by atoms with van der Waals surface area (Å²) in [5.74, 6) is 1.99. The Bertz CT molecular complexity index is 720. The summed E-state index contributed by atoms with van der Waals surface area (Å²) in [6.45, 7) is 12.1. The molecule has 0 spiro atoms. The molecule has 0 saturated heterocycles. The fraction of sp³-hybridized carbons (Fsp3) is 0.455. The fourth-order valence-electron chi connectivity index (χ4n) is 3.59. The lowest BCUT2D eigenvalue weighted by Crippen LogP contribution is -2.31. The van der Waals surface area contributed by atoms with E-state index in [1.165, 1.54) is 10.6 Å². The van der Waals surface area contributed by atoms with E-state index in [1.54, 1.807) is 0 Å². The Morgan fingerprint density at radius 2 is 1.69 bits per heavy atom. The number of rotatable bonds is 7. The zero-order valence-electron chi connectivity index (χ0n) is 16.2. The molecule has 0 saturated carbocycles. The maximum atomic E-state index is 10.5. The van der Waals surface area contributed by atoms with E-state index in [1.807, 2.05) is 36.4 Å². The second-order valence-electron chi connectivity index (χ2n) is 8.01. The third-order valence-corrected chi connectivity index (χ3v) is 4.46. The lowest BCUT2D eigenvalue weighted by atomic mass is 10.1. The second kappa shape index (κ2) is 8.11. The van der Waals surface area contributed by atoms with Crippen LogP contribution in [0.25, 0.3) is 0 Å². The van der Waals surface area contributed by atoms with Gasteiger partial charge in [0, 0.05) is 25.2 Å². The molecule has 140 valence electrons. The van der Waals surface area contributed by atoms with Crippen molar-refractivity contribution in [2.75, 3.05) is 18.2 Å². The molecule has 1 aliphatic heterocycles. The first-order valence-electron chi connectivity index (χ1n) is 9.49. The molecule has 0 radical (unpaired) electrons. The van der Waals surface area contributed by atoms with Crippen molar-refractivity contribution in [1.82, 2.24) is 4.90 Å². The van der Waals surface area contributed by atoms with Crippen LogP contribution in [0.4, 0.5) is 5.69 Å². The minimum atomic E-state index is -0.490. The van der Waals surface area contributed by atoms with Crippen LogP contribution in [0.3, 0.4) is 0 Å². The maximum absolute atomic E-state index is 10.5. The number of nitrogens with zero attached hydrogens (tertiary/aromatic N) is 2. The van der Waals surface area contributed by atoms with Gasteiger partial charge in [-0.2, -0.15) is 0 Å². The molecule has 0 aliphatic carbocycles. The van der Waals surface area contributed by atoms with Gasteiger partial charge in [-0.1, -0.05) is 58.0 Å². The largest absolute Gasteiger partial charge is 0.462 e. The monoisotopic (exact) mass is 354 g/mol. The van der Waals surface area contributed by atoms with Crippen LogP contribution < -0.4 is 9.80 Å². The minimum absolute atomic E-state index is 0.490.